The van der Waals surface area contributed by atoms with Crippen molar-refractivity contribution in [2.24, 2.45) is 5.92 Å². The van der Waals surface area contributed by atoms with Gasteiger partial charge in [-0.25, -0.2) is 9.59 Å². The van der Waals surface area contributed by atoms with Crippen molar-refractivity contribution in [2.45, 2.75) is 102 Å². The molecule has 0 aromatic heterocycles. The van der Waals surface area contributed by atoms with Crippen LogP contribution in [0.5, 0.6) is 0 Å². The molecule has 0 spiro atoms. The van der Waals surface area contributed by atoms with E-state index in [1.165, 1.54) is 4.90 Å². The summed E-state index contributed by atoms with van der Waals surface area (Å²) in [5.41, 5.74) is 0.157. The number of hydrogen-bond acceptors (Lipinski definition) is 7. The van der Waals surface area contributed by atoms with Crippen molar-refractivity contribution < 1.29 is 33.8 Å². The highest BCUT2D eigenvalue weighted by atomic mass is 16.6. The molecule has 226 valence electrons. The Hall–Kier alpha value is -3.34. The summed E-state index contributed by atoms with van der Waals surface area (Å²) in [5, 5.41) is 16.1. The lowest BCUT2D eigenvalue weighted by molar-refractivity contribution is -0.134. The Balaban J connectivity index is 1.31. The summed E-state index contributed by atoms with van der Waals surface area (Å²) >= 11 is 0. The van der Waals surface area contributed by atoms with Crippen LogP contribution in [0.4, 0.5) is 9.59 Å². The van der Waals surface area contributed by atoms with Gasteiger partial charge in [0.05, 0.1) is 12.6 Å². The first kappa shape index (κ1) is 30.6. The Bertz CT molecular complexity index is 1060. The number of carbonyl (C=O) groups excluding carboxylic acids is 4. The highest BCUT2D eigenvalue weighted by Crippen LogP contribution is 2.30. The summed E-state index contributed by atoms with van der Waals surface area (Å²) in [6.07, 6.45) is 2.55. The summed E-state index contributed by atoms with van der Waals surface area (Å²) in [5.74, 6) is -0.481. The zero-order valence-electron chi connectivity index (χ0n) is 24.3. The van der Waals surface area contributed by atoms with Crippen molar-refractivity contribution in [3.05, 3.63) is 35.9 Å². The molecule has 1 aromatic rings. The third-order valence-corrected chi connectivity index (χ3v) is 7.97. The van der Waals surface area contributed by atoms with Crippen LogP contribution in [-0.2, 0) is 25.7 Å². The molecule has 3 N–H and O–H groups in total. The Morgan fingerprint density at radius 3 is 2.32 bits per heavy atom. The predicted molar refractivity (Wildman–Crippen MR) is 151 cm³/mol. The van der Waals surface area contributed by atoms with Gasteiger partial charge in [0.25, 0.3) is 0 Å². The second-order valence-corrected chi connectivity index (χ2v) is 12.4. The first-order valence-corrected chi connectivity index (χ1v) is 14.7. The number of nitrogens with zero attached hydrogens (tertiary/aromatic N) is 2. The quantitative estimate of drug-likeness (QED) is 0.457. The molecule has 1 unspecified atom stereocenters. The molecule has 2 aliphatic heterocycles. The van der Waals surface area contributed by atoms with Crippen LogP contribution < -0.4 is 10.6 Å². The second-order valence-electron chi connectivity index (χ2n) is 12.4. The average molecular weight is 573 g/mol. The van der Waals surface area contributed by atoms with E-state index < -0.39 is 36.0 Å². The van der Waals surface area contributed by atoms with E-state index in [0.29, 0.717) is 38.8 Å². The van der Waals surface area contributed by atoms with Crippen LogP contribution in [0.2, 0.25) is 0 Å². The number of carbonyl (C=O) groups is 4. The number of likely N-dealkylation sites (tertiary alicyclic amines) is 2. The number of alkyl carbamates (subject to hydrolysis) is 1. The summed E-state index contributed by atoms with van der Waals surface area (Å²) in [7, 11) is 0. The highest BCUT2D eigenvalue weighted by molar-refractivity contribution is 5.87. The molecule has 3 fully saturated rings. The maximum Gasteiger partial charge on any atom is 0.410 e. The number of β-amino-alcohol motifs (C(OH)–C–C–N with tert-alkyl or cyclic N) is 1. The summed E-state index contributed by atoms with van der Waals surface area (Å²) in [6, 6.07) is 7.64. The topological polar surface area (TPSA) is 138 Å². The normalized spacial score (nSPS) is 25.4. The molecule has 3 aliphatic rings. The molecule has 41 heavy (non-hydrogen) atoms. The van der Waals surface area contributed by atoms with Crippen LogP contribution in [0, 0.1) is 5.92 Å². The van der Waals surface area contributed by atoms with E-state index in [0.717, 1.165) is 18.4 Å². The third kappa shape index (κ3) is 8.58. The van der Waals surface area contributed by atoms with Gasteiger partial charge in [0.15, 0.2) is 0 Å². The van der Waals surface area contributed by atoms with Gasteiger partial charge in [0.1, 0.15) is 24.3 Å². The number of aliphatic hydroxyl groups excluding tert-OH is 1. The van der Waals surface area contributed by atoms with E-state index in [-0.39, 0.29) is 43.3 Å². The SMILES string of the molecule is CC(C)(C)OC(=O)N[C@H](C(=O)N1CCCC1)C1CCC(NC(=O)C2C[C@@H](O)CN2C(=O)OCc2ccccc2)CC1. The average Bonchev–Trinajstić information content (AvgIpc) is 3.60. The van der Waals surface area contributed by atoms with Gasteiger partial charge in [0.2, 0.25) is 11.8 Å². The summed E-state index contributed by atoms with van der Waals surface area (Å²) in [6.45, 7) is 6.85. The van der Waals surface area contributed by atoms with E-state index in [4.69, 9.17) is 9.47 Å². The van der Waals surface area contributed by atoms with Crippen LogP contribution in [0.15, 0.2) is 30.3 Å². The molecular weight excluding hydrogens is 528 g/mol. The maximum atomic E-state index is 13.4. The van der Waals surface area contributed by atoms with Crippen LogP contribution in [-0.4, -0.2) is 88.4 Å². The number of amides is 4. The Labute approximate surface area is 241 Å². The molecule has 2 heterocycles. The lowest BCUT2D eigenvalue weighted by Gasteiger charge is -2.36. The van der Waals surface area contributed by atoms with Gasteiger partial charge in [-0.3, -0.25) is 14.5 Å². The molecule has 11 heteroatoms. The van der Waals surface area contributed by atoms with E-state index in [9.17, 15) is 24.3 Å². The van der Waals surface area contributed by atoms with Crippen molar-refractivity contribution >= 4 is 24.0 Å². The molecule has 1 saturated carbocycles. The molecule has 1 aromatic carbocycles. The number of ether oxygens (including phenoxy) is 2. The summed E-state index contributed by atoms with van der Waals surface area (Å²) in [4.78, 5) is 55.1. The fourth-order valence-electron chi connectivity index (χ4n) is 5.91. The largest absolute Gasteiger partial charge is 0.445 e. The highest BCUT2D eigenvalue weighted by Gasteiger charge is 2.42. The zero-order chi connectivity index (χ0) is 29.6. The summed E-state index contributed by atoms with van der Waals surface area (Å²) < 4.78 is 10.9. The van der Waals surface area contributed by atoms with Gasteiger partial charge in [0, 0.05) is 25.6 Å². The lowest BCUT2D eigenvalue weighted by Crippen LogP contribution is -2.54. The molecule has 1 aliphatic carbocycles. The van der Waals surface area contributed by atoms with Gasteiger partial charge >= 0.3 is 12.2 Å². The van der Waals surface area contributed by atoms with Gasteiger partial charge in [-0.05, 0) is 70.8 Å². The monoisotopic (exact) mass is 572 g/mol. The molecule has 0 radical (unpaired) electrons. The molecular formula is C30H44N4O7. The Kier molecular flexibility index (Phi) is 10.1. The van der Waals surface area contributed by atoms with Crippen molar-refractivity contribution in [2.75, 3.05) is 19.6 Å². The smallest absolute Gasteiger partial charge is 0.410 e. The van der Waals surface area contributed by atoms with Gasteiger partial charge < -0.3 is 30.1 Å². The number of rotatable bonds is 7. The second kappa shape index (κ2) is 13.5. The number of benzene rings is 1. The first-order chi connectivity index (χ1) is 19.5. The van der Waals surface area contributed by atoms with Crippen molar-refractivity contribution in [3.8, 4) is 0 Å². The van der Waals surface area contributed by atoms with Gasteiger partial charge in [-0.1, -0.05) is 30.3 Å². The fourth-order valence-corrected chi connectivity index (χ4v) is 5.91. The Morgan fingerprint density at radius 1 is 1.02 bits per heavy atom. The van der Waals surface area contributed by atoms with Gasteiger partial charge in [-0.15, -0.1) is 0 Å². The van der Waals surface area contributed by atoms with Crippen molar-refractivity contribution in [1.29, 1.82) is 0 Å². The third-order valence-electron chi connectivity index (χ3n) is 7.97. The molecule has 2 saturated heterocycles. The molecule has 3 atom stereocenters. The van der Waals surface area contributed by atoms with E-state index in [1.54, 1.807) is 20.8 Å². The fraction of sp³-hybridized carbons (Fsp3) is 0.667. The van der Waals surface area contributed by atoms with Crippen LogP contribution in [0.1, 0.15) is 71.3 Å². The number of aliphatic hydroxyl groups is 1. The minimum absolute atomic E-state index is 0.0368. The predicted octanol–water partition coefficient (Wildman–Crippen LogP) is 2.95. The minimum atomic E-state index is -0.815. The van der Waals surface area contributed by atoms with E-state index in [2.05, 4.69) is 10.6 Å². The first-order valence-electron chi connectivity index (χ1n) is 14.7. The molecule has 4 rings (SSSR count). The number of nitrogens with one attached hydrogen (secondary N) is 2. The van der Waals surface area contributed by atoms with E-state index in [1.807, 2.05) is 35.2 Å². The standard InChI is InChI=1S/C30H44N4O7/c1-30(2,3)41-28(38)32-25(27(37)33-15-7-8-16-33)21-11-13-22(14-12-21)31-26(36)24-17-23(35)18-34(24)29(39)40-19-20-9-5-4-6-10-20/h4-6,9-10,21-25,35H,7-8,11-19H2,1-3H3,(H,31,36)(H,32,38)/t21?,22?,23-,24?,25+/m1/s1. The van der Waals surface area contributed by atoms with Crippen LogP contribution in [0.3, 0.4) is 0 Å². The maximum absolute atomic E-state index is 13.4. The molecule has 11 nitrogen and oxygen atoms in total. The lowest BCUT2D eigenvalue weighted by atomic mass is 9.81. The van der Waals surface area contributed by atoms with Crippen LogP contribution in [0.25, 0.3) is 0 Å². The van der Waals surface area contributed by atoms with E-state index >= 15 is 0 Å². The Morgan fingerprint density at radius 2 is 1.68 bits per heavy atom. The van der Waals surface area contributed by atoms with Crippen molar-refractivity contribution in [3.63, 3.8) is 0 Å². The molecule has 0 bridgehead atoms. The minimum Gasteiger partial charge on any atom is -0.445 e. The molecule has 4 amide bonds. The van der Waals surface area contributed by atoms with Gasteiger partial charge in [-0.2, -0.15) is 0 Å². The van der Waals surface area contributed by atoms with Crippen molar-refractivity contribution in [1.82, 2.24) is 20.4 Å². The van der Waals surface area contributed by atoms with Crippen LogP contribution >= 0.6 is 0 Å². The zero-order valence-corrected chi connectivity index (χ0v) is 24.3. The number of hydrogen-bond donors (Lipinski definition) is 3.